The molecule has 3 heterocycles. The summed E-state index contributed by atoms with van der Waals surface area (Å²) in [6.07, 6.45) is 4.86. The van der Waals surface area contributed by atoms with E-state index in [1.54, 1.807) is 23.2 Å². The van der Waals surface area contributed by atoms with Crippen LogP contribution in [0.2, 0.25) is 0 Å². The second-order valence-corrected chi connectivity index (χ2v) is 10.6. The number of aromatic nitrogens is 3. The first-order chi connectivity index (χ1) is 16.1. The zero-order chi connectivity index (χ0) is 24.4. The molecule has 34 heavy (non-hydrogen) atoms. The van der Waals surface area contributed by atoms with Crippen LogP contribution in [-0.2, 0) is 16.6 Å². The predicted octanol–water partition coefficient (Wildman–Crippen LogP) is 1.46. The Kier molecular flexibility index (Phi) is 5.01. The van der Waals surface area contributed by atoms with E-state index in [9.17, 15) is 18.0 Å². The van der Waals surface area contributed by atoms with Crippen LogP contribution in [0.3, 0.4) is 0 Å². The fourth-order valence-electron chi connectivity index (χ4n) is 4.52. The number of nitrogens with two attached hydrogens (primary N) is 1. The molecule has 1 fully saturated rings. The molecule has 1 unspecified atom stereocenters. The molecule has 0 saturated heterocycles. The number of carbonyl (C=O) groups is 2. The van der Waals surface area contributed by atoms with Gasteiger partial charge in [0, 0.05) is 31.4 Å². The molecule has 12 heteroatoms. The maximum Gasteiger partial charge on any atom is 0.258 e. The Balaban J connectivity index is 1.64. The molecule has 1 saturated carbocycles. The summed E-state index contributed by atoms with van der Waals surface area (Å²) in [5.41, 5.74) is 8.73. The molecule has 11 nitrogen and oxygen atoms in total. The standard InChI is InChI=1S/C22H25N7O4S/c1-11(12-4-5-12)28-10-14-8-13(9-16(17(14)22(28)31)27-34(3,32)33)15-6-7-29-20(25-15)18(19(23)26-29)21(30)24-2/h6-9,11-12,27H,4-5,10H2,1-3H3,(H2,23,26)(H,24,30). The van der Waals surface area contributed by atoms with Gasteiger partial charge in [-0.25, -0.2) is 17.9 Å². The van der Waals surface area contributed by atoms with E-state index in [4.69, 9.17) is 5.73 Å². The summed E-state index contributed by atoms with van der Waals surface area (Å²) in [5.74, 6) is -0.0712. The lowest BCUT2D eigenvalue weighted by Crippen LogP contribution is -2.34. The fraction of sp³-hybridized carbons (Fsp3) is 0.364. The van der Waals surface area contributed by atoms with Crippen molar-refractivity contribution in [1.29, 1.82) is 0 Å². The van der Waals surface area contributed by atoms with Crippen molar-refractivity contribution in [3.05, 3.63) is 41.1 Å². The Morgan fingerprint density at radius 1 is 1.29 bits per heavy atom. The summed E-state index contributed by atoms with van der Waals surface area (Å²) in [5, 5.41) is 6.66. The second kappa shape index (κ2) is 7.69. The first-order valence-electron chi connectivity index (χ1n) is 10.9. The number of anilines is 2. The molecular weight excluding hydrogens is 458 g/mol. The first kappa shape index (κ1) is 22.1. The summed E-state index contributed by atoms with van der Waals surface area (Å²) in [6, 6.07) is 5.22. The number of hydrogen-bond donors (Lipinski definition) is 3. The average molecular weight is 484 g/mol. The number of nitrogens with one attached hydrogen (secondary N) is 2. The molecule has 0 radical (unpaired) electrons. The summed E-state index contributed by atoms with van der Waals surface area (Å²) in [4.78, 5) is 32.0. The highest BCUT2D eigenvalue weighted by Gasteiger charge is 2.40. The van der Waals surface area contributed by atoms with Crippen molar-refractivity contribution >= 4 is 39.0 Å². The molecular formula is C22H25N7O4S. The minimum atomic E-state index is -3.64. The number of amides is 2. The molecule has 4 N–H and O–H groups in total. The van der Waals surface area contributed by atoms with Gasteiger partial charge in [-0.2, -0.15) is 0 Å². The van der Waals surface area contributed by atoms with Crippen LogP contribution in [0.4, 0.5) is 11.5 Å². The lowest BCUT2D eigenvalue weighted by Gasteiger charge is -2.24. The van der Waals surface area contributed by atoms with Crippen molar-refractivity contribution in [2.75, 3.05) is 23.8 Å². The lowest BCUT2D eigenvalue weighted by atomic mass is 10.0. The molecule has 1 atom stereocenters. The number of nitrogen functional groups attached to an aromatic ring is 1. The highest BCUT2D eigenvalue weighted by atomic mass is 32.2. The van der Waals surface area contributed by atoms with Crippen molar-refractivity contribution in [2.45, 2.75) is 32.4 Å². The smallest absolute Gasteiger partial charge is 0.258 e. The molecule has 2 amide bonds. The quantitative estimate of drug-likeness (QED) is 0.480. The number of nitrogens with zero attached hydrogens (tertiary/aromatic N) is 4. The van der Waals surface area contributed by atoms with Gasteiger partial charge in [-0.1, -0.05) is 0 Å². The van der Waals surface area contributed by atoms with Gasteiger partial charge in [0.1, 0.15) is 5.56 Å². The molecule has 5 rings (SSSR count). The van der Waals surface area contributed by atoms with Crippen LogP contribution in [0.5, 0.6) is 0 Å². The summed E-state index contributed by atoms with van der Waals surface area (Å²) >= 11 is 0. The van der Waals surface area contributed by atoms with E-state index >= 15 is 0 Å². The number of benzene rings is 1. The molecule has 1 aliphatic heterocycles. The van der Waals surface area contributed by atoms with Crippen molar-refractivity contribution < 1.29 is 18.0 Å². The van der Waals surface area contributed by atoms with Gasteiger partial charge in [0.25, 0.3) is 11.8 Å². The monoisotopic (exact) mass is 483 g/mol. The van der Waals surface area contributed by atoms with Gasteiger partial charge in [0.15, 0.2) is 11.5 Å². The van der Waals surface area contributed by atoms with Crippen LogP contribution >= 0.6 is 0 Å². The van der Waals surface area contributed by atoms with Crippen molar-refractivity contribution in [2.24, 2.45) is 5.92 Å². The van der Waals surface area contributed by atoms with E-state index in [-0.39, 0.29) is 34.7 Å². The Hall–Kier alpha value is -3.67. The third-order valence-electron chi connectivity index (χ3n) is 6.39. The predicted molar refractivity (Wildman–Crippen MR) is 127 cm³/mol. The van der Waals surface area contributed by atoms with E-state index < -0.39 is 15.9 Å². The van der Waals surface area contributed by atoms with Crippen LogP contribution in [-0.4, -0.2) is 59.1 Å². The largest absolute Gasteiger partial charge is 0.381 e. The van der Waals surface area contributed by atoms with E-state index in [2.05, 4.69) is 20.1 Å². The van der Waals surface area contributed by atoms with Crippen LogP contribution in [0.15, 0.2) is 24.4 Å². The number of fused-ring (bicyclic) bond motifs is 2. The molecule has 1 aromatic carbocycles. The van der Waals surface area contributed by atoms with Gasteiger partial charge in [-0.05, 0) is 49.4 Å². The Morgan fingerprint density at radius 3 is 2.68 bits per heavy atom. The van der Waals surface area contributed by atoms with E-state index in [1.165, 1.54) is 11.6 Å². The van der Waals surface area contributed by atoms with Gasteiger partial charge < -0.3 is 16.0 Å². The van der Waals surface area contributed by atoms with Crippen molar-refractivity contribution in [3.63, 3.8) is 0 Å². The van der Waals surface area contributed by atoms with Gasteiger partial charge >= 0.3 is 0 Å². The van der Waals surface area contributed by atoms with Crippen LogP contribution < -0.4 is 15.8 Å². The van der Waals surface area contributed by atoms with E-state index in [1.807, 2.05) is 13.0 Å². The maximum atomic E-state index is 13.3. The number of hydrogen-bond acceptors (Lipinski definition) is 7. The minimum absolute atomic E-state index is 0.0488. The number of rotatable bonds is 6. The Labute approximate surface area is 196 Å². The third kappa shape index (κ3) is 3.73. The van der Waals surface area contributed by atoms with Gasteiger partial charge in [0.05, 0.1) is 23.2 Å². The zero-order valence-electron chi connectivity index (χ0n) is 19.0. The zero-order valence-corrected chi connectivity index (χ0v) is 19.8. The fourth-order valence-corrected chi connectivity index (χ4v) is 5.08. The van der Waals surface area contributed by atoms with Gasteiger partial charge in [-0.15, -0.1) is 5.10 Å². The SMILES string of the molecule is CNC(=O)c1c(N)nn2ccc(-c3cc4c(c(NS(C)(=O)=O)c3)C(=O)N(C(C)C3CC3)C4)nc12. The minimum Gasteiger partial charge on any atom is -0.381 e. The van der Waals surface area contributed by atoms with Crippen LogP contribution in [0.1, 0.15) is 46.0 Å². The van der Waals surface area contributed by atoms with Crippen molar-refractivity contribution in [1.82, 2.24) is 24.8 Å². The normalized spacial score (nSPS) is 16.6. The highest BCUT2D eigenvalue weighted by molar-refractivity contribution is 7.92. The average Bonchev–Trinajstić information content (AvgIpc) is 3.49. The summed E-state index contributed by atoms with van der Waals surface area (Å²) in [6.45, 7) is 2.43. The number of sulfonamides is 1. The molecule has 0 bridgehead atoms. The molecule has 3 aromatic rings. The molecule has 2 aromatic heterocycles. The highest BCUT2D eigenvalue weighted by Crippen LogP contribution is 2.41. The van der Waals surface area contributed by atoms with Crippen LogP contribution in [0, 0.1) is 5.92 Å². The lowest BCUT2D eigenvalue weighted by molar-refractivity contribution is 0.0698. The van der Waals surface area contributed by atoms with E-state index in [0.29, 0.717) is 29.3 Å². The van der Waals surface area contributed by atoms with E-state index in [0.717, 1.165) is 24.7 Å². The molecule has 1 aliphatic carbocycles. The van der Waals surface area contributed by atoms with Crippen LogP contribution in [0.25, 0.3) is 16.9 Å². The van der Waals surface area contributed by atoms with Crippen molar-refractivity contribution in [3.8, 4) is 11.3 Å². The summed E-state index contributed by atoms with van der Waals surface area (Å²) < 4.78 is 28.1. The topological polar surface area (TPSA) is 152 Å². The second-order valence-electron chi connectivity index (χ2n) is 8.86. The first-order valence-corrected chi connectivity index (χ1v) is 12.8. The molecule has 2 aliphatic rings. The third-order valence-corrected chi connectivity index (χ3v) is 6.98. The van der Waals surface area contributed by atoms with Gasteiger partial charge in [-0.3, -0.25) is 14.3 Å². The van der Waals surface area contributed by atoms with Gasteiger partial charge in [0.2, 0.25) is 10.0 Å². The Morgan fingerprint density at radius 2 is 2.03 bits per heavy atom. The maximum absolute atomic E-state index is 13.3. The molecule has 178 valence electrons. The number of carbonyl (C=O) groups excluding carboxylic acids is 2. The summed E-state index contributed by atoms with van der Waals surface area (Å²) in [7, 11) is -2.15. The Bertz CT molecular complexity index is 1460. The molecule has 0 spiro atoms.